The van der Waals surface area contributed by atoms with Gasteiger partial charge in [-0.1, -0.05) is 6.07 Å². The van der Waals surface area contributed by atoms with Gasteiger partial charge in [0.05, 0.1) is 13.1 Å². The summed E-state index contributed by atoms with van der Waals surface area (Å²) in [5.74, 6) is -0.555. The summed E-state index contributed by atoms with van der Waals surface area (Å²) in [5, 5.41) is 6.26. The van der Waals surface area contributed by atoms with Crippen LogP contribution < -0.4 is 10.2 Å². The van der Waals surface area contributed by atoms with Crippen molar-refractivity contribution in [2.24, 2.45) is 0 Å². The number of rotatable bonds is 3. The maximum absolute atomic E-state index is 13.1. The summed E-state index contributed by atoms with van der Waals surface area (Å²) in [4.78, 5) is 20.6. The van der Waals surface area contributed by atoms with Crippen LogP contribution in [0.1, 0.15) is 5.69 Å². The second kappa shape index (κ2) is 6.62. The number of hydrogen-bond donors (Lipinski definition) is 1. The number of aromatic nitrogens is 4. The van der Waals surface area contributed by atoms with Crippen LogP contribution in [0.5, 0.6) is 0 Å². The summed E-state index contributed by atoms with van der Waals surface area (Å²) in [7, 11) is 0. The van der Waals surface area contributed by atoms with E-state index >= 15 is 0 Å². The summed E-state index contributed by atoms with van der Waals surface area (Å²) >= 11 is 0. The molecule has 3 heterocycles. The highest BCUT2D eigenvalue weighted by molar-refractivity contribution is 5.84. The standard InChI is InChI=1S/C16H12F4N6O2/c17-9-2-1-3-10(4-9)23-15(27)28-11-6-25(7-11)13-5-12(16(18,19)20)24-14-21-8-22-26(13)14/h1-5,8,11H,6-7H2,(H,23,27). The lowest BCUT2D eigenvalue weighted by Crippen LogP contribution is -2.54. The molecule has 4 rings (SSSR count). The average molecular weight is 396 g/mol. The minimum atomic E-state index is -4.63. The van der Waals surface area contributed by atoms with Gasteiger partial charge in [0.1, 0.15) is 24.1 Å². The first-order chi connectivity index (χ1) is 13.3. The Hall–Kier alpha value is -3.44. The van der Waals surface area contributed by atoms with Gasteiger partial charge < -0.3 is 9.64 Å². The van der Waals surface area contributed by atoms with Crippen molar-refractivity contribution < 1.29 is 27.1 Å². The van der Waals surface area contributed by atoms with Crippen molar-refractivity contribution in [3.05, 3.63) is 48.2 Å². The van der Waals surface area contributed by atoms with Gasteiger partial charge in [0.15, 0.2) is 5.69 Å². The largest absolute Gasteiger partial charge is 0.442 e. The lowest BCUT2D eigenvalue weighted by Gasteiger charge is -2.39. The zero-order valence-electron chi connectivity index (χ0n) is 14.0. The topological polar surface area (TPSA) is 84.6 Å². The number of fused-ring (bicyclic) bond motifs is 1. The van der Waals surface area contributed by atoms with E-state index in [1.165, 1.54) is 22.7 Å². The molecule has 2 aromatic heterocycles. The SMILES string of the molecule is O=C(Nc1cccc(F)c1)OC1CN(c2cc(C(F)(F)F)nc3ncnn23)C1. The van der Waals surface area contributed by atoms with E-state index in [-0.39, 0.29) is 30.4 Å². The molecule has 0 aliphatic carbocycles. The molecular weight excluding hydrogens is 384 g/mol. The van der Waals surface area contributed by atoms with Crippen molar-refractivity contribution in [1.29, 1.82) is 0 Å². The van der Waals surface area contributed by atoms with Crippen LogP contribution in [-0.4, -0.2) is 44.9 Å². The lowest BCUT2D eigenvalue weighted by molar-refractivity contribution is -0.141. The number of anilines is 2. The minimum Gasteiger partial charge on any atom is -0.442 e. The molecule has 1 aliphatic heterocycles. The second-order valence-corrected chi connectivity index (χ2v) is 6.04. The van der Waals surface area contributed by atoms with Gasteiger partial charge in [-0.25, -0.2) is 14.2 Å². The highest BCUT2D eigenvalue weighted by Crippen LogP contribution is 2.32. The monoisotopic (exact) mass is 396 g/mol. The Labute approximate surface area is 154 Å². The fraction of sp³-hybridized carbons (Fsp3) is 0.250. The third-order valence-corrected chi connectivity index (χ3v) is 4.04. The van der Waals surface area contributed by atoms with Gasteiger partial charge in [0.2, 0.25) is 0 Å². The molecule has 1 amide bonds. The van der Waals surface area contributed by atoms with Gasteiger partial charge in [-0.15, -0.1) is 0 Å². The van der Waals surface area contributed by atoms with E-state index in [0.29, 0.717) is 0 Å². The molecule has 0 saturated carbocycles. The molecule has 0 spiro atoms. The van der Waals surface area contributed by atoms with Crippen LogP contribution in [-0.2, 0) is 10.9 Å². The van der Waals surface area contributed by atoms with Crippen molar-refractivity contribution in [2.45, 2.75) is 12.3 Å². The number of nitrogens with zero attached hydrogens (tertiary/aromatic N) is 5. The normalized spacial score (nSPS) is 14.8. The number of nitrogens with one attached hydrogen (secondary N) is 1. The van der Waals surface area contributed by atoms with E-state index in [4.69, 9.17) is 4.74 Å². The molecule has 28 heavy (non-hydrogen) atoms. The number of carbonyl (C=O) groups is 1. The van der Waals surface area contributed by atoms with E-state index in [0.717, 1.165) is 18.5 Å². The lowest BCUT2D eigenvalue weighted by atomic mass is 10.1. The van der Waals surface area contributed by atoms with Crippen molar-refractivity contribution >= 4 is 23.4 Å². The average Bonchev–Trinajstić information content (AvgIpc) is 3.05. The van der Waals surface area contributed by atoms with Crippen LogP contribution in [0, 0.1) is 5.82 Å². The second-order valence-electron chi connectivity index (χ2n) is 6.04. The Morgan fingerprint density at radius 2 is 2.04 bits per heavy atom. The van der Waals surface area contributed by atoms with Crippen molar-refractivity contribution in [3.8, 4) is 0 Å². The molecule has 12 heteroatoms. The van der Waals surface area contributed by atoms with Gasteiger partial charge in [-0.3, -0.25) is 5.32 Å². The molecule has 1 saturated heterocycles. The van der Waals surface area contributed by atoms with Gasteiger partial charge in [-0.2, -0.15) is 27.8 Å². The molecule has 1 fully saturated rings. The van der Waals surface area contributed by atoms with Crippen LogP contribution in [0.2, 0.25) is 0 Å². The first-order valence-electron chi connectivity index (χ1n) is 8.06. The first-order valence-corrected chi connectivity index (χ1v) is 8.06. The highest BCUT2D eigenvalue weighted by atomic mass is 19.4. The van der Waals surface area contributed by atoms with E-state index in [1.54, 1.807) is 4.90 Å². The summed E-state index contributed by atoms with van der Waals surface area (Å²) < 4.78 is 58.6. The molecule has 0 atom stereocenters. The Kier molecular flexibility index (Phi) is 4.24. The zero-order valence-corrected chi connectivity index (χ0v) is 14.0. The Bertz CT molecular complexity index is 1030. The Balaban J connectivity index is 1.42. The van der Waals surface area contributed by atoms with Crippen LogP contribution in [0.3, 0.4) is 0 Å². The minimum absolute atomic E-state index is 0.139. The summed E-state index contributed by atoms with van der Waals surface area (Å²) in [6, 6.07) is 6.15. The molecule has 146 valence electrons. The molecular formula is C16H12F4N6O2. The van der Waals surface area contributed by atoms with Crippen molar-refractivity contribution in [2.75, 3.05) is 23.3 Å². The number of hydrogen-bond acceptors (Lipinski definition) is 6. The number of halogens is 4. The van der Waals surface area contributed by atoms with E-state index in [1.807, 2.05) is 0 Å². The highest BCUT2D eigenvalue weighted by Gasteiger charge is 2.37. The van der Waals surface area contributed by atoms with Gasteiger partial charge in [0, 0.05) is 11.8 Å². The van der Waals surface area contributed by atoms with Gasteiger partial charge >= 0.3 is 12.3 Å². The predicted octanol–water partition coefficient (Wildman–Crippen LogP) is 2.72. The fourth-order valence-corrected chi connectivity index (χ4v) is 2.73. The van der Waals surface area contributed by atoms with E-state index in [2.05, 4.69) is 20.4 Å². The third-order valence-electron chi connectivity index (χ3n) is 4.04. The summed E-state index contributed by atoms with van der Waals surface area (Å²) in [5.41, 5.74) is -0.856. The fourth-order valence-electron chi connectivity index (χ4n) is 2.73. The van der Waals surface area contributed by atoms with Crippen LogP contribution in [0.15, 0.2) is 36.7 Å². The molecule has 1 N–H and O–H groups in total. The number of amides is 1. The molecule has 0 radical (unpaired) electrons. The van der Waals surface area contributed by atoms with Crippen LogP contribution in [0.4, 0.5) is 33.9 Å². The third kappa shape index (κ3) is 3.52. The molecule has 0 bridgehead atoms. The molecule has 0 unspecified atom stereocenters. The van der Waals surface area contributed by atoms with E-state index in [9.17, 15) is 22.4 Å². The Morgan fingerprint density at radius 1 is 1.25 bits per heavy atom. The zero-order chi connectivity index (χ0) is 19.9. The molecule has 8 nitrogen and oxygen atoms in total. The number of benzene rings is 1. The molecule has 1 aromatic carbocycles. The predicted molar refractivity (Wildman–Crippen MR) is 88.3 cm³/mol. The van der Waals surface area contributed by atoms with Gasteiger partial charge in [-0.05, 0) is 18.2 Å². The number of alkyl halides is 3. The van der Waals surface area contributed by atoms with Crippen molar-refractivity contribution in [3.63, 3.8) is 0 Å². The van der Waals surface area contributed by atoms with Crippen molar-refractivity contribution in [1.82, 2.24) is 19.6 Å². The first kappa shape index (κ1) is 17.9. The smallest absolute Gasteiger partial charge is 0.433 e. The maximum atomic E-state index is 13.1. The van der Waals surface area contributed by atoms with Crippen LogP contribution in [0.25, 0.3) is 5.78 Å². The molecule has 3 aromatic rings. The maximum Gasteiger partial charge on any atom is 0.433 e. The summed E-state index contributed by atoms with van der Waals surface area (Å²) in [6.45, 7) is 0.319. The van der Waals surface area contributed by atoms with Crippen LogP contribution >= 0.6 is 0 Å². The molecule has 1 aliphatic rings. The van der Waals surface area contributed by atoms with E-state index < -0.39 is 29.9 Å². The van der Waals surface area contributed by atoms with Gasteiger partial charge in [0.25, 0.3) is 5.78 Å². The quantitative estimate of drug-likeness (QED) is 0.686. The number of carbonyl (C=O) groups excluding carboxylic acids is 1. The summed E-state index contributed by atoms with van der Waals surface area (Å²) in [6.07, 6.45) is -4.86. The number of ether oxygens (including phenoxy) is 1. The Morgan fingerprint density at radius 3 is 2.75 bits per heavy atom.